The van der Waals surface area contributed by atoms with Gasteiger partial charge in [0, 0.05) is 7.11 Å². The molecule has 0 amide bonds. The molecule has 0 bridgehead atoms. The molecule has 0 aliphatic heterocycles. The number of carbonyl (C=O) groups is 1. The van der Waals surface area contributed by atoms with Crippen molar-refractivity contribution in [2.24, 2.45) is 0 Å². The average Bonchev–Trinajstić information content (AvgIpc) is 2.24. The first-order valence-electron chi connectivity index (χ1n) is 3.89. The van der Waals surface area contributed by atoms with Crippen LogP contribution in [0.4, 0.5) is 0 Å². The number of carboxylic acid groups (broad SMARTS) is 1. The normalized spacial score (nSPS) is 6.47. The molecular weight excluding hydrogens is 239 g/mol. The topological polar surface area (TPSA) is 57.5 Å². The fourth-order valence-electron chi connectivity index (χ4n) is 0.534. The van der Waals surface area contributed by atoms with Gasteiger partial charge < -0.3 is 10.2 Å². The Labute approximate surface area is 100 Å². The Morgan fingerprint density at radius 1 is 1.20 bits per heavy atom. The van der Waals surface area contributed by atoms with Crippen LogP contribution in [0.2, 0.25) is 0 Å². The number of benzene rings is 1. The molecule has 15 heavy (non-hydrogen) atoms. The quantitative estimate of drug-likeness (QED) is 0.553. The van der Waals surface area contributed by atoms with Gasteiger partial charge in [-0.15, -0.1) is 23.2 Å². The average molecular weight is 255 g/mol. The third-order valence-electron chi connectivity index (χ3n) is 0.940. The van der Waals surface area contributed by atoms with Crippen LogP contribution >= 0.6 is 23.2 Å². The van der Waals surface area contributed by atoms with Crippen LogP contribution in [0.1, 0.15) is 5.56 Å². The van der Waals surface area contributed by atoms with Gasteiger partial charge in [0.1, 0.15) is 0 Å². The van der Waals surface area contributed by atoms with Crippen molar-refractivity contribution < 1.29 is 15.0 Å². The molecule has 0 fully saturated rings. The Morgan fingerprint density at radius 3 is 1.60 bits per heavy atom. The van der Waals surface area contributed by atoms with Crippen LogP contribution in [0.15, 0.2) is 30.3 Å². The van der Waals surface area contributed by atoms with Crippen LogP contribution in [-0.4, -0.2) is 29.1 Å². The van der Waals surface area contributed by atoms with Crippen molar-refractivity contribution >= 4 is 29.7 Å². The van der Waals surface area contributed by atoms with E-state index in [-0.39, 0.29) is 11.8 Å². The van der Waals surface area contributed by atoms with E-state index in [0.717, 1.165) is 7.11 Å². The highest BCUT2D eigenvalue weighted by atomic mass is 35.5. The Hall–Kier alpha value is -0.770. The predicted molar refractivity (Wildman–Crippen MR) is 64.6 cm³/mol. The van der Waals surface area contributed by atoms with Gasteiger partial charge in [-0.3, -0.25) is 4.79 Å². The zero-order chi connectivity index (χ0) is 12.5. The predicted octanol–water partition coefficient (Wildman–Crippen LogP) is 2.73. The molecule has 0 unspecified atom stereocenters. The fourth-order valence-corrected chi connectivity index (χ4v) is 0.534. The second kappa shape index (κ2) is 23.2. The van der Waals surface area contributed by atoms with Gasteiger partial charge in [-0.05, 0) is 6.92 Å². The van der Waals surface area contributed by atoms with E-state index in [1.165, 1.54) is 5.56 Å². The minimum atomic E-state index is -0.250. The van der Waals surface area contributed by atoms with E-state index in [1.807, 2.05) is 18.2 Å². The lowest BCUT2D eigenvalue weighted by Crippen LogP contribution is -1.62. The number of aryl methyl sites for hydroxylation is 1. The molecule has 1 rings (SSSR count). The molecular formula is C10H16Cl2O3. The third-order valence-corrected chi connectivity index (χ3v) is 0.940. The first-order chi connectivity index (χ1) is 7.22. The van der Waals surface area contributed by atoms with Crippen LogP contribution in [0.3, 0.4) is 0 Å². The lowest BCUT2D eigenvalue weighted by molar-refractivity contribution is -0.122. The molecule has 5 heteroatoms. The van der Waals surface area contributed by atoms with E-state index in [2.05, 4.69) is 19.1 Å². The Bertz CT molecular complexity index is 193. The lowest BCUT2D eigenvalue weighted by Gasteiger charge is -1.82. The maximum Gasteiger partial charge on any atom is 0.290 e. The van der Waals surface area contributed by atoms with E-state index in [4.69, 9.17) is 38.2 Å². The summed E-state index contributed by atoms with van der Waals surface area (Å²) in [5.74, 6) is 0. The minimum Gasteiger partial charge on any atom is -0.483 e. The molecule has 0 saturated heterocycles. The van der Waals surface area contributed by atoms with E-state index in [1.54, 1.807) is 0 Å². The molecule has 0 spiro atoms. The molecule has 0 aliphatic rings. The minimum absolute atomic E-state index is 0.194. The summed E-state index contributed by atoms with van der Waals surface area (Å²) >= 11 is 9.53. The van der Waals surface area contributed by atoms with Gasteiger partial charge in [0.15, 0.2) is 0 Å². The molecule has 0 aromatic heterocycles. The van der Waals surface area contributed by atoms with Gasteiger partial charge in [-0.25, -0.2) is 0 Å². The van der Waals surface area contributed by atoms with Crippen molar-refractivity contribution in [3.8, 4) is 0 Å². The van der Waals surface area contributed by atoms with Gasteiger partial charge in [0.25, 0.3) is 6.47 Å². The van der Waals surface area contributed by atoms with Crippen LogP contribution < -0.4 is 0 Å². The first-order valence-corrected chi connectivity index (χ1v) is 4.96. The van der Waals surface area contributed by atoms with Crippen molar-refractivity contribution in [2.45, 2.75) is 6.92 Å². The maximum atomic E-state index is 8.36. The Balaban J connectivity index is -0.000000154. The van der Waals surface area contributed by atoms with Crippen molar-refractivity contribution in [3.63, 3.8) is 0 Å². The van der Waals surface area contributed by atoms with Gasteiger partial charge in [0.2, 0.25) is 0 Å². The number of aliphatic hydroxyl groups excluding tert-OH is 1. The monoisotopic (exact) mass is 254 g/mol. The summed E-state index contributed by atoms with van der Waals surface area (Å²) in [5, 5.41) is 14.1. The van der Waals surface area contributed by atoms with Gasteiger partial charge in [-0.2, -0.15) is 0 Å². The Kier molecular flexibility index (Phi) is 30.6. The number of hydrogen-bond acceptors (Lipinski definition) is 2. The SMILES string of the molecule is CO.Cc1ccccc1.ClCCl.O=CO. The van der Waals surface area contributed by atoms with Crippen LogP contribution in [0.5, 0.6) is 0 Å². The number of alkyl halides is 2. The summed E-state index contributed by atoms with van der Waals surface area (Å²) in [6.07, 6.45) is 0. The number of hydrogen-bond donors (Lipinski definition) is 2. The van der Waals surface area contributed by atoms with Crippen molar-refractivity contribution in [2.75, 3.05) is 12.4 Å². The lowest BCUT2D eigenvalue weighted by atomic mass is 10.2. The summed E-state index contributed by atoms with van der Waals surface area (Å²) in [7, 11) is 1.00. The van der Waals surface area contributed by atoms with Crippen LogP contribution in [0.25, 0.3) is 0 Å². The zero-order valence-electron chi connectivity index (χ0n) is 8.73. The zero-order valence-corrected chi connectivity index (χ0v) is 10.2. The number of halogens is 2. The van der Waals surface area contributed by atoms with Gasteiger partial charge >= 0.3 is 0 Å². The highest BCUT2D eigenvalue weighted by Gasteiger charge is 1.72. The van der Waals surface area contributed by atoms with E-state index in [0.29, 0.717) is 0 Å². The number of aliphatic hydroxyl groups is 1. The second-order valence-corrected chi connectivity index (χ2v) is 2.67. The van der Waals surface area contributed by atoms with Crippen molar-refractivity contribution in [1.82, 2.24) is 0 Å². The summed E-state index contributed by atoms with van der Waals surface area (Å²) in [5.41, 5.74) is 1.32. The molecule has 0 heterocycles. The largest absolute Gasteiger partial charge is 0.483 e. The number of rotatable bonds is 0. The van der Waals surface area contributed by atoms with E-state index >= 15 is 0 Å². The molecule has 3 nitrogen and oxygen atoms in total. The molecule has 88 valence electrons. The maximum absolute atomic E-state index is 8.36. The van der Waals surface area contributed by atoms with Crippen LogP contribution in [-0.2, 0) is 4.79 Å². The first kappa shape index (κ1) is 19.7. The highest BCUT2D eigenvalue weighted by molar-refractivity contribution is 6.40. The molecule has 1 aromatic rings. The molecule has 0 atom stereocenters. The fraction of sp³-hybridized carbons (Fsp3) is 0.300. The van der Waals surface area contributed by atoms with Crippen molar-refractivity contribution in [1.29, 1.82) is 0 Å². The van der Waals surface area contributed by atoms with Crippen LogP contribution in [0, 0.1) is 6.92 Å². The summed E-state index contributed by atoms with van der Waals surface area (Å²) in [6, 6.07) is 10.3. The van der Waals surface area contributed by atoms with Crippen molar-refractivity contribution in [3.05, 3.63) is 35.9 Å². The van der Waals surface area contributed by atoms with E-state index < -0.39 is 0 Å². The molecule has 0 radical (unpaired) electrons. The molecule has 2 N–H and O–H groups in total. The Morgan fingerprint density at radius 2 is 1.47 bits per heavy atom. The van der Waals surface area contributed by atoms with Gasteiger partial charge in [-0.1, -0.05) is 35.9 Å². The highest BCUT2D eigenvalue weighted by Crippen LogP contribution is 1.92. The van der Waals surface area contributed by atoms with Gasteiger partial charge in [0.05, 0.1) is 5.34 Å². The van der Waals surface area contributed by atoms with E-state index in [9.17, 15) is 0 Å². The third kappa shape index (κ3) is 31.9. The molecule has 1 aromatic carbocycles. The standard InChI is InChI=1S/C7H8.CH2Cl2.CH2O2.CH4O/c1-7-5-3-2-4-6-7;2*2-1-3;1-2/h2-6H,1H3;1H2;1H,(H,2,3);2H,1H3. The smallest absolute Gasteiger partial charge is 0.290 e. The second-order valence-electron chi connectivity index (χ2n) is 1.86. The summed E-state index contributed by atoms with van der Waals surface area (Å²) < 4.78 is 0. The molecule has 0 saturated carbocycles. The summed E-state index contributed by atoms with van der Waals surface area (Å²) in [4.78, 5) is 8.36. The molecule has 0 aliphatic carbocycles. The summed E-state index contributed by atoms with van der Waals surface area (Å²) in [6.45, 7) is 1.83.